The zero-order valence-electron chi connectivity index (χ0n) is 19.2. The largest absolute Gasteiger partial charge is 0.497 e. The standard InChI is InChI=1S/C27H32N2O3/c1-20-6-4-7-21(18-20)13-16-27(28-19-22-9-11-23(31-2)12-10-22)15-5-8-25-24(27)14-17-29(25)26(30)32-3/h4,6-7,9-12,18,24-25,28H,5,8,14-15,17,19H2,1-3H3. The summed E-state index contributed by atoms with van der Waals surface area (Å²) in [6.45, 7) is 3.53. The van der Waals surface area contributed by atoms with Crippen molar-refractivity contribution in [3.8, 4) is 17.6 Å². The fourth-order valence-electron chi connectivity index (χ4n) is 5.23. The third-order valence-corrected chi connectivity index (χ3v) is 6.87. The minimum atomic E-state index is -0.352. The SMILES string of the molecule is COC(=O)N1CCC2C1CCCC2(C#Cc1cccc(C)c1)NCc1ccc(OC)cc1. The van der Waals surface area contributed by atoms with E-state index in [9.17, 15) is 4.79 Å². The summed E-state index contributed by atoms with van der Waals surface area (Å²) < 4.78 is 10.4. The van der Waals surface area contributed by atoms with Gasteiger partial charge in [0.15, 0.2) is 0 Å². The normalized spacial score (nSPS) is 24.3. The maximum atomic E-state index is 12.4. The van der Waals surface area contributed by atoms with Gasteiger partial charge in [0.1, 0.15) is 5.75 Å². The predicted molar refractivity (Wildman–Crippen MR) is 125 cm³/mol. The lowest BCUT2D eigenvalue weighted by Crippen LogP contribution is -2.57. The molecule has 4 rings (SSSR count). The van der Waals surface area contributed by atoms with Crippen molar-refractivity contribution in [2.24, 2.45) is 5.92 Å². The van der Waals surface area contributed by atoms with E-state index in [0.29, 0.717) is 6.54 Å². The van der Waals surface area contributed by atoms with E-state index in [2.05, 4.69) is 60.5 Å². The second-order valence-corrected chi connectivity index (χ2v) is 8.81. The number of rotatable bonds is 4. The Balaban J connectivity index is 1.64. The predicted octanol–water partition coefficient (Wildman–Crippen LogP) is 4.52. The molecule has 32 heavy (non-hydrogen) atoms. The Morgan fingerprint density at radius 1 is 1.19 bits per heavy atom. The number of nitrogens with one attached hydrogen (secondary N) is 1. The first-order valence-corrected chi connectivity index (χ1v) is 11.4. The van der Waals surface area contributed by atoms with Gasteiger partial charge in [-0.25, -0.2) is 4.79 Å². The number of hydrogen-bond donors (Lipinski definition) is 1. The summed E-state index contributed by atoms with van der Waals surface area (Å²) in [5.41, 5.74) is 3.07. The molecule has 2 aromatic carbocycles. The van der Waals surface area contributed by atoms with Crippen LogP contribution in [-0.4, -0.2) is 43.3 Å². The molecule has 5 nitrogen and oxygen atoms in total. The van der Waals surface area contributed by atoms with Gasteiger partial charge in [-0.2, -0.15) is 0 Å². The molecule has 3 unspecified atom stereocenters. The third-order valence-electron chi connectivity index (χ3n) is 6.87. The molecule has 1 heterocycles. The number of fused-ring (bicyclic) bond motifs is 1. The van der Waals surface area contributed by atoms with Crippen molar-refractivity contribution in [2.45, 2.75) is 50.7 Å². The average molecular weight is 433 g/mol. The minimum absolute atomic E-state index is 0.159. The highest BCUT2D eigenvalue weighted by molar-refractivity contribution is 5.68. The Kier molecular flexibility index (Phi) is 6.72. The highest BCUT2D eigenvalue weighted by atomic mass is 16.5. The molecule has 5 heteroatoms. The van der Waals surface area contributed by atoms with Gasteiger partial charge in [-0.15, -0.1) is 0 Å². The van der Waals surface area contributed by atoms with Gasteiger partial charge in [0.05, 0.1) is 19.8 Å². The van der Waals surface area contributed by atoms with E-state index in [1.54, 1.807) is 7.11 Å². The van der Waals surface area contributed by atoms with E-state index in [1.165, 1.54) is 18.2 Å². The lowest BCUT2D eigenvalue weighted by atomic mass is 9.70. The van der Waals surface area contributed by atoms with Gasteiger partial charge in [0.2, 0.25) is 0 Å². The van der Waals surface area contributed by atoms with Gasteiger partial charge < -0.3 is 14.4 Å². The van der Waals surface area contributed by atoms with Crippen LogP contribution in [0.1, 0.15) is 42.4 Å². The molecule has 2 aromatic rings. The number of amides is 1. The van der Waals surface area contributed by atoms with Crippen LogP contribution in [0.15, 0.2) is 48.5 Å². The fraction of sp³-hybridized carbons (Fsp3) is 0.444. The van der Waals surface area contributed by atoms with Crippen molar-refractivity contribution in [2.75, 3.05) is 20.8 Å². The smallest absolute Gasteiger partial charge is 0.409 e. The molecule has 0 spiro atoms. The highest BCUT2D eigenvalue weighted by Gasteiger charge is 2.51. The number of hydrogen-bond acceptors (Lipinski definition) is 4. The van der Waals surface area contributed by atoms with Gasteiger partial charge in [0.25, 0.3) is 0 Å². The number of ether oxygens (including phenoxy) is 2. The molecule has 0 aromatic heterocycles. The van der Waals surface area contributed by atoms with Crippen LogP contribution in [0.25, 0.3) is 0 Å². The Hall–Kier alpha value is -2.97. The molecular weight excluding hydrogens is 400 g/mol. The Morgan fingerprint density at radius 2 is 2.00 bits per heavy atom. The third kappa shape index (κ3) is 4.61. The molecule has 1 amide bonds. The fourth-order valence-corrected chi connectivity index (χ4v) is 5.23. The van der Waals surface area contributed by atoms with Crippen LogP contribution in [0.4, 0.5) is 4.79 Å². The molecule has 168 valence electrons. The van der Waals surface area contributed by atoms with E-state index in [-0.39, 0.29) is 23.6 Å². The van der Waals surface area contributed by atoms with E-state index >= 15 is 0 Å². The average Bonchev–Trinajstić information content (AvgIpc) is 3.27. The number of carbonyl (C=O) groups excluding carboxylic acids is 1. The van der Waals surface area contributed by atoms with E-state index in [0.717, 1.165) is 43.5 Å². The lowest BCUT2D eigenvalue weighted by molar-refractivity contribution is 0.0890. The number of carbonyl (C=O) groups is 1. The second-order valence-electron chi connectivity index (χ2n) is 8.81. The zero-order chi connectivity index (χ0) is 22.6. The number of likely N-dealkylation sites (tertiary alicyclic amines) is 1. The van der Waals surface area contributed by atoms with Gasteiger partial charge in [-0.1, -0.05) is 36.1 Å². The van der Waals surface area contributed by atoms with Crippen LogP contribution >= 0.6 is 0 Å². The molecule has 1 N–H and O–H groups in total. The van der Waals surface area contributed by atoms with Crippen molar-refractivity contribution in [1.82, 2.24) is 10.2 Å². The maximum absolute atomic E-state index is 12.4. The summed E-state index contributed by atoms with van der Waals surface area (Å²) in [5, 5.41) is 3.83. The zero-order valence-corrected chi connectivity index (χ0v) is 19.2. The summed E-state index contributed by atoms with van der Waals surface area (Å²) >= 11 is 0. The van der Waals surface area contributed by atoms with Crippen molar-refractivity contribution < 1.29 is 14.3 Å². The number of methoxy groups -OCH3 is 2. The van der Waals surface area contributed by atoms with Crippen molar-refractivity contribution in [3.05, 3.63) is 65.2 Å². The quantitative estimate of drug-likeness (QED) is 0.722. The van der Waals surface area contributed by atoms with Crippen LogP contribution in [0.2, 0.25) is 0 Å². The van der Waals surface area contributed by atoms with Gasteiger partial charge in [-0.3, -0.25) is 5.32 Å². The monoisotopic (exact) mass is 432 g/mol. The first-order valence-electron chi connectivity index (χ1n) is 11.4. The van der Waals surface area contributed by atoms with Crippen LogP contribution < -0.4 is 10.1 Å². The molecule has 1 aliphatic carbocycles. The summed E-state index contributed by atoms with van der Waals surface area (Å²) in [7, 11) is 3.14. The van der Waals surface area contributed by atoms with E-state index in [1.807, 2.05) is 17.0 Å². The van der Waals surface area contributed by atoms with Crippen LogP contribution in [-0.2, 0) is 11.3 Å². The first-order chi connectivity index (χ1) is 15.5. The van der Waals surface area contributed by atoms with Gasteiger partial charge >= 0.3 is 6.09 Å². The molecule has 1 saturated heterocycles. The summed E-state index contributed by atoms with van der Waals surface area (Å²) in [6.07, 6.45) is 3.69. The Bertz CT molecular complexity index is 1010. The van der Waals surface area contributed by atoms with Gasteiger partial charge in [0, 0.05) is 30.6 Å². The molecule has 1 saturated carbocycles. The van der Waals surface area contributed by atoms with E-state index in [4.69, 9.17) is 9.47 Å². The first kappa shape index (κ1) is 22.2. The second kappa shape index (κ2) is 9.67. The van der Waals surface area contributed by atoms with Gasteiger partial charge in [-0.05, 0) is 68.0 Å². The number of nitrogens with zero attached hydrogens (tertiary/aromatic N) is 1. The molecule has 2 aliphatic rings. The Morgan fingerprint density at radius 3 is 2.72 bits per heavy atom. The molecular formula is C27H32N2O3. The van der Waals surface area contributed by atoms with E-state index < -0.39 is 0 Å². The molecule has 1 aliphatic heterocycles. The lowest BCUT2D eigenvalue weighted by Gasteiger charge is -2.44. The topological polar surface area (TPSA) is 50.8 Å². The molecule has 3 atom stereocenters. The molecule has 0 bridgehead atoms. The van der Waals surface area contributed by atoms with Crippen molar-refractivity contribution >= 4 is 6.09 Å². The van der Waals surface area contributed by atoms with Crippen molar-refractivity contribution in [1.29, 1.82) is 0 Å². The molecule has 0 radical (unpaired) electrons. The Labute approximate surface area is 191 Å². The van der Waals surface area contributed by atoms with Crippen LogP contribution in [0.5, 0.6) is 5.75 Å². The minimum Gasteiger partial charge on any atom is -0.497 e. The number of benzene rings is 2. The summed E-state index contributed by atoms with van der Waals surface area (Å²) in [5.74, 6) is 8.23. The maximum Gasteiger partial charge on any atom is 0.409 e. The van der Waals surface area contributed by atoms with Crippen LogP contribution in [0, 0.1) is 24.7 Å². The van der Waals surface area contributed by atoms with Crippen molar-refractivity contribution in [3.63, 3.8) is 0 Å². The molecule has 2 fully saturated rings. The summed E-state index contributed by atoms with van der Waals surface area (Å²) in [6, 6.07) is 16.6. The highest BCUT2D eigenvalue weighted by Crippen LogP contribution is 2.43. The van der Waals surface area contributed by atoms with Crippen LogP contribution in [0.3, 0.4) is 0 Å². The number of aryl methyl sites for hydroxylation is 1. The summed E-state index contributed by atoms with van der Waals surface area (Å²) in [4.78, 5) is 14.3.